The summed E-state index contributed by atoms with van der Waals surface area (Å²) >= 11 is 0. The third-order valence-corrected chi connectivity index (χ3v) is 3.41. The summed E-state index contributed by atoms with van der Waals surface area (Å²) in [6, 6.07) is 12.9. The molecule has 20 heavy (non-hydrogen) atoms. The highest BCUT2D eigenvalue weighted by atomic mass is 16.1. The molecule has 0 bridgehead atoms. The molecule has 4 heteroatoms. The first-order chi connectivity index (χ1) is 9.59. The number of nitrogens with two attached hydrogens (primary N) is 1. The van der Waals surface area contributed by atoms with Crippen LogP contribution in [0.15, 0.2) is 53.7 Å². The van der Waals surface area contributed by atoms with Crippen LogP contribution in [0.25, 0.3) is 11.3 Å². The van der Waals surface area contributed by atoms with E-state index in [9.17, 15) is 9.59 Å². The Morgan fingerprint density at radius 1 is 0.950 bits per heavy atom. The molecule has 0 aliphatic heterocycles. The number of carbonyl (C=O) groups is 2. The van der Waals surface area contributed by atoms with Crippen molar-refractivity contribution < 1.29 is 9.59 Å². The third kappa shape index (κ3) is 1.73. The second kappa shape index (κ2) is 4.42. The van der Waals surface area contributed by atoms with Gasteiger partial charge in [0.15, 0.2) is 5.78 Å². The van der Waals surface area contributed by atoms with Crippen LogP contribution < -0.4 is 5.73 Å². The first-order valence-electron chi connectivity index (χ1n) is 6.22. The predicted molar refractivity (Wildman–Crippen MR) is 75.2 cm³/mol. The van der Waals surface area contributed by atoms with Crippen LogP contribution in [-0.4, -0.2) is 16.6 Å². The maximum atomic E-state index is 12.2. The number of carbonyl (C=O) groups excluding carboxylic acids is 2. The molecule has 0 saturated heterocycles. The summed E-state index contributed by atoms with van der Waals surface area (Å²) in [5, 5.41) is 0. The maximum absolute atomic E-state index is 12.2. The van der Waals surface area contributed by atoms with Gasteiger partial charge in [-0.25, -0.2) is 4.98 Å². The molecule has 1 aliphatic rings. The number of hydrogen-bond acceptors (Lipinski definition) is 4. The molecule has 2 aromatic rings. The summed E-state index contributed by atoms with van der Waals surface area (Å²) in [5.74, 6) is -0.612. The second-order valence-corrected chi connectivity index (χ2v) is 4.66. The molecule has 98 valence electrons. The molecule has 0 atom stereocenters. The molecule has 0 unspecified atom stereocenters. The normalized spacial score (nSPS) is 14.4. The molecule has 1 aliphatic carbocycles. The van der Waals surface area contributed by atoms with Crippen molar-refractivity contribution in [3.05, 3.63) is 65.0 Å². The molecule has 4 nitrogen and oxygen atoms in total. The monoisotopic (exact) mass is 264 g/mol. The Morgan fingerprint density at radius 2 is 1.65 bits per heavy atom. The lowest BCUT2D eigenvalue weighted by molar-refractivity contribution is 0.0970. The van der Waals surface area contributed by atoms with E-state index in [1.807, 2.05) is 30.3 Å². The van der Waals surface area contributed by atoms with Crippen molar-refractivity contribution in [1.82, 2.24) is 4.98 Å². The molecule has 0 saturated carbocycles. The lowest BCUT2D eigenvalue weighted by Gasteiger charge is -2.16. The van der Waals surface area contributed by atoms with Crippen LogP contribution in [0.3, 0.4) is 0 Å². The summed E-state index contributed by atoms with van der Waals surface area (Å²) < 4.78 is 0. The van der Waals surface area contributed by atoms with Crippen LogP contribution >= 0.6 is 0 Å². The van der Waals surface area contributed by atoms with Crippen molar-refractivity contribution in [3.8, 4) is 11.3 Å². The zero-order chi connectivity index (χ0) is 14.3. The smallest absolute Gasteiger partial charge is 0.228 e. The Labute approximate surface area is 116 Å². The van der Waals surface area contributed by atoms with E-state index in [-0.39, 0.29) is 28.5 Å². The molecule has 1 aromatic heterocycles. The Balaban J connectivity index is 2.18. The zero-order valence-electron chi connectivity index (χ0n) is 10.9. The number of rotatable bonds is 1. The SMILES string of the molecule is CC1=C(N)C(=O)c2nc(-c3ccccc3)ccc2C1=O. The maximum Gasteiger partial charge on any atom is 0.228 e. The van der Waals surface area contributed by atoms with Crippen LogP contribution in [0.5, 0.6) is 0 Å². The van der Waals surface area contributed by atoms with Gasteiger partial charge in [0.2, 0.25) is 5.78 Å². The van der Waals surface area contributed by atoms with Crippen molar-refractivity contribution in [3.63, 3.8) is 0 Å². The van der Waals surface area contributed by atoms with Gasteiger partial charge in [0, 0.05) is 11.1 Å². The van der Waals surface area contributed by atoms with Crippen molar-refractivity contribution in [2.75, 3.05) is 0 Å². The Bertz CT molecular complexity index is 761. The van der Waals surface area contributed by atoms with E-state index in [1.54, 1.807) is 19.1 Å². The van der Waals surface area contributed by atoms with Gasteiger partial charge in [-0.2, -0.15) is 0 Å². The number of pyridine rings is 1. The molecule has 0 amide bonds. The first kappa shape index (κ1) is 12.3. The summed E-state index contributed by atoms with van der Waals surface area (Å²) in [4.78, 5) is 28.6. The Morgan fingerprint density at radius 3 is 2.35 bits per heavy atom. The van der Waals surface area contributed by atoms with Crippen molar-refractivity contribution >= 4 is 11.6 Å². The average molecular weight is 264 g/mol. The summed E-state index contributed by atoms with van der Waals surface area (Å²) in [7, 11) is 0. The number of aromatic nitrogens is 1. The number of ketones is 2. The van der Waals surface area contributed by atoms with E-state index < -0.39 is 0 Å². The molecule has 0 spiro atoms. The average Bonchev–Trinajstić information content (AvgIpc) is 2.51. The van der Waals surface area contributed by atoms with Gasteiger partial charge in [-0.3, -0.25) is 9.59 Å². The van der Waals surface area contributed by atoms with Crippen molar-refractivity contribution in [1.29, 1.82) is 0 Å². The van der Waals surface area contributed by atoms with Gasteiger partial charge in [0.1, 0.15) is 5.69 Å². The topological polar surface area (TPSA) is 73.1 Å². The van der Waals surface area contributed by atoms with Gasteiger partial charge in [-0.05, 0) is 19.1 Å². The van der Waals surface area contributed by atoms with Crippen LogP contribution in [0, 0.1) is 0 Å². The first-order valence-corrected chi connectivity index (χ1v) is 6.22. The summed E-state index contributed by atoms with van der Waals surface area (Å²) in [6.07, 6.45) is 0. The van der Waals surface area contributed by atoms with E-state index in [0.29, 0.717) is 11.3 Å². The highest BCUT2D eigenvalue weighted by molar-refractivity contribution is 6.25. The minimum absolute atomic E-state index is 0.0137. The minimum Gasteiger partial charge on any atom is -0.395 e. The molecule has 0 fully saturated rings. The van der Waals surface area contributed by atoms with Gasteiger partial charge in [-0.15, -0.1) is 0 Å². The van der Waals surface area contributed by atoms with E-state index in [4.69, 9.17) is 5.73 Å². The van der Waals surface area contributed by atoms with Crippen LogP contribution in [-0.2, 0) is 0 Å². The predicted octanol–water partition coefficient (Wildman–Crippen LogP) is 2.36. The van der Waals surface area contributed by atoms with E-state index in [2.05, 4.69) is 4.98 Å². The fraction of sp³-hybridized carbons (Fsp3) is 0.0625. The van der Waals surface area contributed by atoms with E-state index in [0.717, 1.165) is 5.56 Å². The summed E-state index contributed by atoms with van der Waals surface area (Å²) in [6.45, 7) is 1.56. The number of fused-ring (bicyclic) bond motifs is 1. The van der Waals surface area contributed by atoms with E-state index in [1.165, 1.54) is 0 Å². The van der Waals surface area contributed by atoms with Crippen LogP contribution in [0.2, 0.25) is 0 Å². The highest BCUT2D eigenvalue weighted by Gasteiger charge is 2.29. The minimum atomic E-state index is -0.380. The fourth-order valence-electron chi connectivity index (χ4n) is 2.21. The number of benzene rings is 1. The number of Topliss-reactive ketones (excluding diaryl/α,β-unsaturated/α-hetero) is 2. The molecular weight excluding hydrogens is 252 g/mol. The zero-order valence-corrected chi connectivity index (χ0v) is 10.9. The molecule has 1 heterocycles. The van der Waals surface area contributed by atoms with Crippen LogP contribution in [0.1, 0.15) is 27.8 Å². The third-order valence-electron chi connectivity index (χ3n) is 3.41. The molecular formula is C16H12N2O2. The highest BCUT2D eigenvalue weighted by Crippen LogP contribution is 2.25. The molecule has 2 N–H and O–H groups in total. The molecule has 0 radical (unpaired) electrons. The largest absolute Gasteiger partial charge is 0.395 e. The standard InChI is InChI=1S/C16H12N2O2/c1-9-13(17)16(20)14-11(15(9)19)7-8-12(18-14)10-5-3-2-4-6-10/h2-8H,17H2,1H3. The quantitative estimate of drug-likeness (QED) is 0.858. The summed E-state index contributed by atoms with van der Waals surface area (Å²) in [5.41, 5.74) is 7.96. The van der Waals surface area contributed by atoms with E-state index >= 15 is 0 Å². The lowest BCUT2D eigenvalue weighted by Crippen LogP contribution is -2.26. The second-order valence-electron chi connectivity index (χ2n) is 4.66. The van der Waals surface area contributed by atoms with Gasteiger partial charge >= 0.3 is 0 Å². The van der Waals surface area contributed by atoms with Crippen LogP contribution in [0.4, 0.5) is 0 Å². The van der Waals surface area contributed by atoms with Gasteiger partial charge in [0.25, 0.3) is 0 Å². The molecule has 1 aromatic carbocycles. The number of allylic oxidation sites excluding steroid dienone is 2. The number of hydrogen-bond donors (Lipinski definition) is 1. The lowest BCUT2D eigenvalue weighted by atomic mass is 9.91. The number of nitrogens with zero attached hydrogens (tertiary/aromatic N) is 1. The van der Waals surface area contributed by atoms with Gasteiger partial charge in [0.05, 0.1) is 17.0 Å². The Kier molecular flexibility index (Phi) is 2.71. The molecule has 3 rings (SSSR count). The van der Waals surface area contributed by atoms with Gasteiger partial charge < -0.3 is 5.73 Å². The van der Waals surface area contributed by atoms with Crippen molar-refractivity contribution in [2.45, 2.75) is 6.92 Å². The van der Waals surface area contributed by atoms with Gasteiger partial charge in [-0.1, -0.05) is 30.3 Å². The fourth-order valence-corrected chi connectivity index (χ4v) is 2.21. The van der Waals surface area contributed by atoms with Crippen molar-refractivity contribution in [2.24, 2.45) is 5.73 Å². The Hall–Kier alpha value is -2.75.